The molecule has 0 spiro atoms. The summed E-state index contributed by atoms with van der Waals surface area (Å²) in [6, 6.07) is 4.70. The van der Waals surface area contributed by atoms with E-state index in [0.717, 1.165) is 6.42 Å². The largest absolute Gasteiger partial charge is 0.399 e. The molecule has 1 aromatic rings. The van der Waals surface area contributed by atoms with E-state index in [1.54, 1.807) is 25.1 Å². The van der Waals surface area contributed by atoms with Gasteiger partial charge in [-0.25, -0.2) is 0 Å². The second kappa shape index (κ2) is 5.73. The van der Waals surface area contributed by atoms with Crippen LogP contribution in [0.3, 0.4) is 0 Å². The van der Waals surface area contributed by atoms with Crippen LogP contribution in [-0.2, 0) is 0 Å². The lowest BCUT2D eigenvalue weighted by Gasteiger charge is -2.23. The Balaban J connectivity index is 2.66. The van der Waals surface area contributed by atoms with Crippen molar-refractivity contribution in [2.75, 3.05) is 18.0 Å². The van der Waals surface area contributed by atoms with Gasteiger partial charge < -0.3 is 21.9 Å². The number of carbonyl (C=O) groups is 1. The van der Waals surface area contributed by atoms with Crippen molar-refractivity contribution in [1.82, 2.24) is 5.32 Å². The lowest BCUT2D eigenvalue weighted by Crippen LogP contribution is -2.40. The summed E-state index contributed by atoms with van der Waals surface area (Å²) in [6.07, 6.45) is 1.49. The Labute approximate surface area is 107 Å². The van der Waals surface area contributed by atoms with Gasteiger partial charge in [0.1, 0.15) is 0 Å². The molecular weight excluding hydrogens is 230 g/mol. The highest BCUT2D eigenvalue weighted by molar-refractivity contribution is 5.96. The average molecular weight is 251 g/mol. The molecule has 0 saturated carbocycles. The molecule has 5 nitrogen and oxygen atoms in total. The Morgan fingerprint density at radius 1 is 1.33 bits per heavy atom. The zero-order valence-electron chi connectivity index (χ0n) is 10.9. The molecule has 1 unspecified atom stereocenters. The maximum atomic E-state index is 11.9. The van der Waals surface area contributed by atoms with Gasteiger partial charge in [0.2, 0.25) is 0 Å². The fourth-order valence-corrected chi connectivity index (χ4v) is 1.81. The number of hydrogen-bond acceptors (Lipinski definition) is 4. The fourth-order valence-electron chi connectivity index (χ4n) is 1.81. The molecule has 1 aromatic carbocycles. The van der Waals surface area contributed by atoms with E-state index in [1.807, 2.05) is 6.92 Å². The van der Waals surface area contributed by atoms with Crippen LogP contribution >= 0.6 is 0 Å². The fraction of sp³-hybridized carbons (Fsp3) is 0.462. The third-order valence-electron chi connectivity index (χ3n) is 2.66. The van der Waals surface area contributed by atoms with E-state index in [9.17, 15) is 9.90 Å². The minimum atomic E-state index is -0.893. The molecule has 1 amide bonds. The predicted octanol–water partition coefficient (Wildman–Crippen LogP) is 1.13. The van der Waals surface area contributed by atoms with Crippen LogP contribution in [0.15, 0.2) is 18.2 Å². The van der Waals surface area contributed by atoms with Crippen molar-refractivity contribution < 1.29 is 9.90 Å². The van der Waals surface area contributed by atoms with Crippen LogP contribution in [0.1, 0.15) is 37.0 Å². The Morgan fingerprint density at radius 3 is 2.39 bits per heavy atom. The van der Waals surface area contributed by atoms with Crippen LogP contribution in [0, 0.1) is 0 Å². The molecule has 5 heteroatoms. The highest BCUT2D eigenvalue weighted by atomic mass is 16.3. The van der Waals surface area contributed by atoms with Crippen molar-refractivity contribution in [1.29, 1.82) is 0 Å². The third-order valence-corrected chi connectivity index (χ3v) is 2.66. The highest BCUT2D eigenvalue weighted by Gasteiger charge is 2.20. The Kier molecular flexibility index (Phi) is 4.55. The quantitative estimate of drug-likeness (QED) is 0.589. The maximum absolute atomic E-state index is 11.9. The molecule has 0 radical (unpaired) electrons. The SMILES string of the molecule is CCCC(C)(O)CNC(=O)c1cc(N)cc(N)c1. The highest BCUT2D eigenvalue weighted by Crippen LogP contribution is 2.14. The van der Waals surface area contributed by atoms with Crippen molar-refractivity contribution in [2.45, 2.75) is 32.3 Å². The summed E-state index contributed by atoms with van der Waals surface area (Å²) in [6.45, 7) is 3.88. The number of hydrogen-bond donors (Lipinski definition) is 4. The number of anilines is 2. The van der Waals surface area contributed by atoms with Gasteiger partial charge in [-0.05, 0) is 31.5 Å². The first-order valence-electron chi connectivity index (χ1n) is 6.00. The van der Waals surface area contributed by atoms with Crippen LogP contribution < -0.4 is 16.8 Å². The van der Waals surface area contributed by atoms with Gasteiger partial charge in [0.05, 0.1) is 5.60 Å². The number of nitrogens with one attached hydrogen (secondary N) is 1. The average Bonchev–Trinajstić information content (AvgIpc) is 2.24. The number of aliphatic hydroxyl groups is 1. The summed E-state index contributed by atoms with van der Waals surface area (Å²) in [5, 5.41) is 12.6. The standard InChI is InChI=1S/C13H21N3O2/c1-3-4-13(2,18)8-16-12(17)9-5-10(14)7-11(15)6-9/h5-7,18H,3-4,8,14-15H2,1-2H3,(H,16,17). The van der Waals surface area contributed by atoms with Gasteiger partial charge in [-0.2, -0.15) is 0 Å². The van der Waals surface area contributed by atoms with Gasteiger partial charge in [-0.15, -0.1) is 0 Å². The number of nitrogens with two attached hydrogens (primary N) is 2. The summed E-state index contributed by atoms with van der Waals surface area (Å²) >= 11 is 0. The van der Waals surface area contributed by atoms with Crippen LogP contribution in [0.4, 0.5) is 11.4 Å². The van der Waals surface area contributed by atoms with E-state index >= 15 is 0 Å². The topological polar surface area (TPSA) is 101 Å². The zero-order valence-corrected chi connectivity index (χ0v) is 10.9. The Bertz CT molecular complexity index is 410. The number of benzene rings is 1. The van der Waals surface area contributed by atoms with Crippen molar-refractivity contribution in [3.05, 3.63) is 23.8 Å². The van der Waals surface area contributed by atoms with Crippen molar-refractivity contribution in [2.24, 2.45) is 0 Å². The molecule has 6 N–H and O–H groups in total. The number of amides is 1. The third kappa shape index (κ3) is 4.25. The lowest BCUT2D eigenvalue weighted by molar-refractivity contribution is 0.0469. The molecule has 100 valence electrons. The van der Waals surface area contributed by atoms with Crippen molar-refractivity contribution in [3.63, 3.8) is 0 Å². The van der Waals surface area contributed by atoms with E-state index in [1.165, 1.54) is 0 Å². The molecule has 0 aliphatic rings. The van der Waals surface area contributed by atoms with Crippen LogP contribution in [0.25, 0.3) is 0 Å². The number of nitrogen functional groups attached to an aromatic ring is 2. The first-order chi connectivity index (χ1) is 8.34. The zero-order chi connectivity index (χ0) is 13.8. The summed E-state index contributed by atoms with van der Waals surface area (Å²) in [5.41, 5.74) is 11.6. The Hall–Kier alpha value is -1.75. The van der Waals surface area contributed by atoms with Gasteiger partial charge in [0.15, 0.2) is 0 Å². The van der Waals surface area contributed by atoms with E-state index in [4.69, 9.17) is 11.5 Å². The molecule has 0 aromatic heterocycles. The molecule has 1 atom stereocenters. The van der Waals surface area contributed by atoms with Gasteiger partial charge in [-0.1, -0.05) is 13.3 Å². The second-order valence-corrected chi connectivity index (χ2v) is 4.82. The Morgan fingerprint density at radius 2 is 1.89 bits per heavy atom. The predicted molar refractivity (Wildman–Crippen MR) is 73.1 cm³/mol. The van der Waals surface area contributed by atoms with Gasteiger partial charge >= 0.3 is 0 Å². The molecule has 1 rings (SSSR count). The van der Waals surface area contributed by atoms with Crippen LogP contribution in [-0.4, -0.2) is 23.2 Å². The first kappa shape index (κ1) is 14.3. The summed E-state index contributed by atoms with van der Waals surface area (Å²) in [4.78, 5) is 11.9. The van der Waals surface area contributed by atoms with Crippen LogP contribution in [0.2, 0.25) is 0 Å². The van der Waals surface area contributed by atoms with Crippen LogP contribution in [0.5, 0.6) is 0 Å². The van der Waals surface area contributed by atoms with E-state index < -0.39 is 5.60 Å². The van der Waals surface area contributed by atoms with Gasteiger partial charge in [0, 0.05) is 23.5 Å². The van der Waals surface area contributed by atoms with Gasteiger partial charge in [0.25, 0.3) is 5.91 Å². The minimum Gasteiger partial charge on any atom is -0.399 e. The normalized spacial score (nSPS) is 13.9. The number of rotatable bonds is 5. The van der Waals surface area contributed by atoms with Crippen molar-refractivity contribution in [3.8, 4) is 0 Å². The molecule has 0 aliphatic heterocycles. The van der Waals surface area contributed by atoms with Gasteiger partial charge in [-0.3, -0.25) is 4.79 Å². The molecule has 18 heavy (non-hydrogen) atoms. The summed E-state index contributed by atoms with van der Waals surface area (Å²) in [7, 11) is 0. The maximum Gasteiger partial charge on any atom is 0.251 e. The molecule has 0 saturated heterocycles. The lowest BCUT2D eigenvalue weighted by atomic mass is 10.0. The van der Waals surface area contributed by atoms with E-state index in [-0.39, 0.29) is 12.5 Å². The monoisotopic (exact) mass is 251 g/mol. The van der Waals surface area contributed by atoms with E-state index in [2.05, 4.69) is 5.32 Å². The molecule has 0 heterocycles. The minimum absolute atomic E-state index is 0.203. The van der Waals surface area contributed by atoms with E-state index in [0.29, 0.717) is 23.4 Å². The summed E-state index contributed by atoms with van der Waals surface area (Å²) in [5.74, 6) is -0.287. The smallest absolute Gasteiger partial charge is 0.251 e. The molecule has 0 fully saturated rings. The number of carbonyl (C=O) groups excluding carboxylic acids is 1. The van der Waals surface area contributed by atoms with Crippen molar-refractivity contribution >= 4 is 17.3 Å². The molecule has 0 aliphatic carbocycles. The summed E-state index contributed by atoms with van der Waals surface area (Å²) < 4.78 is 0. The molecular formula is C13H21N3O2. The second-order valence-electron chi connectivity index (χ2n) is 4.82. The first-order valence-corrected chi connectivity index (χ1v) is 6.00. The molecule has 0 bridgehead atoms.